The summed E-state index contributed by atoms with van der Waals surface area (Å²) in [5, 5.41) is 2.85. The Labute approximate surface area is 82.8 Å². The molecule has 0 unspecified atom stereocenters. The maximum absolute atomic E-state index is 11.1. The van der Waals surface area contributed by atoms with Crippen molar-refractivity contribution in [1.82, 2.24) is 0 Å². The lowest BCUT2D eigenvalue weighted by Crippen LogP contribution is -2.18. The molecule has 1 heterocycles. The fourth-order valence-corrected chi connectivity index (χ4v) is 1.73. The van der Waals surface area contributed by atoms with Gasteiger partial charge in [-0.1, -0.05) is 12.1 Å². The number of rotatable bonds is 1. The lowest BCUT2D eigenvalue weighted by atomic mass is 10.0. The molecule has 0 fully saturated rings. The maximum Gasteiger partial charge on any atom is 0.224 e. The lowest BCUT2D eigenvalue weighted by Gasteiger charge is -2.17. The maximum atomic E-state index is 11.1. The van der Waals surface area contributed by atoms with Crippen LogP contribution in [0.4, 0.5) is 5.69 Å². The largest absolute Gasteiger partial charge is 0.326 e. The molecule has 68 valence electrons. The molecule has 1 N–H and O–H groups in total. The van der Waals surface area contributed by atoms with Gasteiger partial charge in [-0.15, -0.1) is 0 Å². The molecule has 1 aliphatic rings. The second kappa shape index (κ2) is 3.42. The fourth-order valence-electron chi connectivity index (χ4n) is 1.54. The number of amides is 1. The van der Waals surface area contributed by atoms with Crippen LogP contribution in [0.5, 0.6) is 0 Å². The standard InChI is InChI=1S/C10H11NOS/c12-10-4-2-8-5-7(6-13)1-3-9(8)11-10/h1,3,5,13H,2,4,6H2,(H,11,12). The van der Waals surface area contributed by atoms with Crippen molar-refractivity contribution in [3.05, 3.63) is 29.3 Å². The summed E-state index contributed by atoms with van der Waals surface area (Å²) < 4.78 is 0. The first-order chi connectivity index (χ1) is 6.29. The third-order valence-electron chi connectivity index (χ3n) is 2.25. The molecule has 1 aromatic rings. The Hall–Kier alpha value is -0.960. The zero-order valence-electron chi connectivity index (χ0n) is 7.21. The quantitative estimate of drug-likeness (QED) is 0.656. The van der Waals surface area contributed by atoms with Crippen LogP contribution in [-0.4, -0.2) is 5.91 Å². The molecule has 3 heteroatoms. The SMILES string of the molecule is O=C1CCc2cc(CS)ccc2N1. The highest BCUT2D eigenvalue weighted by Gasteiger charge is 2.13. The molecule has 0 bridgehead atoms. The highest BCUT2D eigenvalue weighted by molar-refractivity contribution is 7.79. The molecule has 0 aliphatic carbocycles. The fraction of sp³-hybridized carbons (Fsp3) is 0.300. The average Bonchev–Trinajstić information content (AvgIpc) is 2.17. The third kappa shape index (κ3) is 1.70. The summed E-state index contributed by atoms with van der Waals surface area (Å²) in [7, 11) is 0. The van der Waals surface area contributed by atoms with Gasteiger partial charge in [-0.3, -0.25) is 4.79 Å². The summed E-state index contributed by atoms with van der Waals surface area (Å²) >= 11 is 4.21. The Morgan fingerprint density at radius 1 is 1.38 bits per heavy atom. The van der Waals surface area contributed by atoms with Gasteiger partial charge >= 0.3 is 0 Å². The van der Waals surface area contributed by atoms with E-state index < -0.39 is 0 Å². The van der Waals surface area contributed by atoms with Gasteiger partial charge in [0.1, 0.15) is 0 Å². The summed E-state index contributed by atoms with van der Waals surface area (Å²) in [6.07, 6.45) is 1.45. The molecule has 1 aliphatic heterocycles. The summed E-state index contributed by atoms with van der Waals surface area (Å²) in [6, 6.07) is 6.07. The van der Waals surface area contributed by atoms with Crippen molar-refractivity contribution in [2.45, 2.75) is 18.6 Å². The minimum Gasteiger partial charge on any atom is -0.326 e. The van der Waals surface area contributed by atoms with E-state index in [1.54, 1.807) is 0 Å². The van der Waals surface area contributed by atoms with Crippen LogP contribution in [0.1, 0.15) is 17.5 Å². The van der Waals surface area contributed by atoms with E-state index in [0.29, 0.717) is 6.42 Å². The van der Waals surface area contributed by atoms with Crippen molar-refractivity contribution in [2.75, 3.05) is 5.32 Å². The number of benzene rings is 1. The Morgan fingerprint density at radius 2 is 2.23 bits per heavy atom. The van der Waals surface area contributed by atoms with Crippen LogP contribution in [0.25, 0.3) is 0 Å². The number of thiol groups is 1. The van der Waals surface area contributed by atoms with Gasteiger partial charge in [0.15, 0.2) is 0 Å². The highest BCUT2D eigenvalue weighted by atomic mass is 32.1. The first kappa shape index (κ1) is 8.63. The smallest absolute Gasteiger partial charge is 0.224 e. The number of aryl methyl sites for hydroxylation is 1. The van der Waals surface area contributed by atoms with Crippen molar-refractivity contribution < 1.29 is 4.79 Å². The van der Waals surface area contributed by atoms with Gasteiger partial charge in [0.2, 0.25) is 5.91 Å². The van der Waals surface area contributed by atoms with Crippen LogP contribution in [0.3, 0.4) is 0 Å². The van der Waals surface area contributed by atoms with Gasteiger partial charge in [-0.2, -0.15) is 12.6 Å². The van der Waals surface area contributed by atoms with Crippen molar-refractivity contribution in [3.63, 3.8) is 0 Å². The summed E-state index contributed by atoms with van der Waals surface area (Å²) in [4.78, 5) is 11.1. The van der Waals surface area contributed by atoms with E-state index in [0.717, 1.165) is 17.9 Å². The molecule has 2 nitrogen and oxygen atoms in total. The Kier molecular flexibility index (Phi) is 2.27. The van der Waals surface area contributed by atoms with Crippen molar-refractivity contribution >= 4 is 24.2 Å². The predicted molar refractivity (Wildman–Crippen MR) is 56.1 cm³/mol. The molecule has 0 radical (unpaired) electrons. The minimum atomic E-state index is 0.117. The number of anilines is 1. The molecule has 1 amide bonds. The Morgan fingerprint density at radius 3 is 3.00 bits per heavy atom. The number of hydrogen-bond acceptors (Lipinski definition) is 2. The number of nitrogens with one attached hydrogen (secondary N) is 1. The van der Waals surface area contributed by atoms with Gasteiger partial charge < -0.3 is 5.32 Å². The molecular formula is C10H11NOS. The van der Waals surface area contributed by atoms with Crippen molar-refractivity contribution in [3.8, 4) is 0 Å². The molecule has 0 saturated carbocycles. The number of carbonyl (C=O) groups is 1. The predicted octanol–water partition coefficient (Wildman–Crippen LogP) is 2.00. The van der Waals surface area contributed by atoms with Crippen LogP contribution in [0, 0.1) is 0 Å². The van der Waals surface area contributed by atoms with Crippen LogP contribution in [-0.2, 0) is 17.0 Å². The lowest BCUT2D eigenvalue weighted by molar-refractivity contribution is -0.116. The molecule has 1 aromatic carbocycles. The van der Waals surface area contributed by atoms with Crippen molar-refractivity contribution in [2.24, 2.45) is 0 Å². The zero-order valence-corrected chi connectivity index (χ0v) is 8.10. The highest BCUT2D eigenvalue weighted by Crippen LogP contribution is 2.23. The third-order valence-corrected chi connectivity index (χ3v) is 2.61. The first-order valence-electron chi connectivity index (χ1n) is 4.32. The average molecular weight is 193 g/mol. The van der Waals surface area contributed by atoms with E-state index in [1.807, 2.05) is 12.1 Å². The summed E-state index contributed by atoms with van der Waals surface area (Å²) in [6.45, 7) is 0. The number of carbonyl (C=O) groups excluding carboxylic acids is 1. The Bertz CT molecular complexity index is 349. The van der Waals surface area contributed by atoms with Gasteiger partial charge in [-0.05, 0) is 23.6 Å². The molecule has 0 spiro atoms. The van der Waals surface area contributed by atoms with E-state index in [-0.39, 0.29) is 5.91 Å². The zero-order chi connectivity index (χ0) is 9.26. The number of fused-ring (bicyclic) bond motifs is 1. The topological polar surface area (TPSA) is 29.1 Å². The normalized spacial score (nSPS) is 15.0. The van der Waals surface area contributed by atoms with Crippen molar-refractivity contribution in [1.29, 1.82) is 0 Å². The molecule has 0 atom stereocenters. The van der Waals surface area contributed by atoms with Crippen LogP contribution >= 0.6 is 12.6 Å². The van der Waals surface area contributed by atoms with Gasteiger partial charge in [0.05, 0.1) is 0 Å². The molecule has 0 aromatic heterocycles. The summed E-state index contributed by atoms with van der Waals surface area (Å²) in [5.74, 6) is 0.868. The Balaban J connectivity index is 2.36. The summed E-state index contributed by atoms with van der Waals surface area (Å²) in [5.41, 5.74) is 3.39. The van der Waals surface area contributed by atoms with Gasteiger partial charge in [-0.25, -0.2) is 0 Å². The molecule has 13 heavy (non-hydrogen) atoms. The first-order valence-corrected chi connectivity index (χ1v) is 4.95. The van der Waals surface area contributed by atoms with Crippen LogP contribution in [0.15, 0.2) is 18.2 Å². The molecular weight excluding hydrogens is 182 g/mol. The molecule has 2 rings (SSSR count). The second-order valence-corrected chi connectivity index (χ2v) is 3.51. The van der Waals surface area contributed by atoms with E-state index in [9.17, 15) is 4.79 Å². The monoisotopic (exact) mass is 193 g/mol. The second-order valence-electron chi connectivity index (χ2n) is 3.20. The van der Waals surface area contributed by atoms with E-state index in [4.69, 9.17) is 0 Å². The number of hydrogen-bond donors (Lipinski definition) is 2. The molecule has 0 saturated heterocycles. The minimum absolute atomic E-state index is 0.117. The van der Waals surface area contributed by atoms with Crippen LogP contribution in [0.2, 0.25) is 0 Å². The van der Waals surface area contributed by atoms with Crippen LogP contribution < -0.4 is 5.32 Å². The van der Waals surface area contributed by atoms with E-state index >= 15 is 0 Å². The van der Waals surface area contributed by atoms with E-state index in [2.05, 4.69) is 24.0 Å². The van der Waals surface area contributed by atoms with Gasteiger partial charge in [0.25, 0.3) is 0 Å². The van der Waals surface area contributed by atoms with E-state index in [1.165, 1.54) is 11.1 Å². The van der Waals surface area contributed by atoms with Gasteiger partial charge in [0, 0.05) is 17.9 Å².